The minimum Gasteiger partial charge on any atom is -0.464 e. The van der Waals surface area contributed by atoms with Crippen LogP contribution in [-0.4, -0.2) is 39.4 Å². The van der Waals surface area contributed by atoms with Gasteiger partial charge in [0.2, 0.25) is 5.91 Å². The Labute approximate surface area is 149 Å². The average Bonchev–Trinajstić information content (AvgIpc) is 2.94. The molecule has 1 aromatic heterocycles. The van der Waals surface area contributed by atoms with Crippen molar-refractivity contribution >= 4 is 16.9 Å². The number of nitrogens with one attached hydrogen (secondary N) is 1. The van der Waals surface area contributed by atoms with Crippen LogP contribution in [0.1, 0.15) is 42.9 Å². The minimum atomic E-state index is 0.00580. The lowest BCUT2D eigenvalue weighted by atomic mass is 9.95. The highest BCUT2D eigenvalue weighted by Gasteiger charge is 2.13. The number of methoxy groups -OCH3 is 1. The van der Waals surface area contributed by atoms with Gasteiger partial charge < -0.3 is 19.2 Å². The van der Waals surface area contributed by atoms with E-state index in [2.05, 4.69) is 38.2 Å². The van der Waals surface area contributed by atoms with E-state index in [1.807, 2.05) is 0 Å². The topological polar surface area (TPSA) is 60.7 Å². The molecule has 0 atom stereocenters. The smallest absolute Gasteiger partial charge is 0.224 e. The SMILES string of the molecule is COCCOCCCNC(=O)Cc1coc2cc(C)c(C(C)C)cc12. The zero-order chi connectivity index (χ0) is 18.2. The second kappa shape index (κ2) is 9.59. The van der Waals surface area contributed by atoms with Gasteiger partial charge >= 0.3 is 0 Å². The van der Waals surface area contributed by atoms with Gasteiger partial charge in [-0.2, -0.15) is 0 Å². The molecular weight excluding hydrogens is 318 g/mol. The van der Waals surface area contributed by atoms with Gasteiger partial charge in [-0.1, -0.05) is 13.8 Å². The van der Waals surface area contributed by atoms with Gasteiger partial charge in [0.25, 0.3) is 0 Å². The number of benzene rings is 1. The summed E-state index contributed by atoms with van der Waals surface area (Å²) in [6, 6.07) is 4.22. The van der Waals surface area contributed by atoms with Gasteiger partial charge in [-0.05, 0) is 42.5 Å². The van der Waals surface area contributed by atoms with Crippen molar-refractivity contribution in [3.05, 3.63) is 35.1 Å². The van der Waals surface area contributed by atoms with Crippen molar-refractivity contribution in [1.29, 1.82) is 0 Å². The molecule has 5 nitrogen and oxygen atoms in total. The van der Waals surface area contributed by atoms with Crippen LogP contribution in [0.3, 0.4) is 0 Å². The Balaban J connectivity index is 1.87. The minimum absolute atomic E-state index is 0.00580. The van der Waals surface area contributed by atoms with Crippen molar-refractivity contribution < 1.29 is 18.7 Å². The van der Waals surface area contributed by atoms with Crippen LogP contribution in [-0.2, 0) is 20.7 Å². The molecule has 0 aliphatic rings. The third-order valence-corrected chi connectivity index (χ3v) is 4.23. The Morgan fingerprint density at radius 2 is 2.04 bits per heavy atom. The first-order chi connectivity index (χ1) is 12.0. The fourth-order valence-corrected chi connectivity index (χ4v) is 2.89. The number of ether oxygens (including phenoxy) is 2. The van der Waals surface area contributed by atoms with Crippen LogP contribution in [0, 0.1) is 6.92 Å². The molecule has 1 aromatic carbocycles. The van der Waals surface area contributed by atoms with E-state index >= 15 is 0 Å². The molecule has 0 aliphatic heterocycles. The van der Waals surface area contributed by atoms with Gasteiger partial charge in [0.1, 0.15) is 5.58 Å². The summed E-state index contributed by atoms with van der Waals surface area (Å²) < 4.78 is 15.9. The summed E-state index contributed by atoms with van der Waals surface area (Å²) in [5, 5.41) is 3.97. The van der Waals surface area contributed by atoms with Crippen molar-refractivity contribution in [3.8, 4) is 0 Å². The van der Waals surface area contributed by atoms with E-state index < -0.39 is 0 Å². The lowest BCUT2D eigenvalue weighted by molar-refractivity contribution is -0.120. The summed E-state index contributed by atoms with van der Waals surface area (Å²) in [4.78, 5) is 12.2. The molecule has 2 rings (SSSR count). The average molecular weight is 347 g/mol. The highest BCUT2D eigenvalue weighted by Crippen LogP contribution is 2.29. The van der Waals surface area contributed by atoms with Crippen molar-refractivity contribution in [1.82, 2.24) is 5.32 Å². The standard InChI is InChI=1S/C20H29NO4/c1-14(2)17-12-18-16(13-25-19(18)10-15(17)3)11-20(22)21-6-5-7-24-9-8-23-4/h10,12-14H,5-9,11H2,1-4H3,(H,21,22). The Morgan fingerprint density at radius 1 is 1.24 bits per heavy atom. The largest absolute Gasteiger partial charge is 0.464 e. The second-order valence-corrected chi connectivity index (χ2v) is 6.61. The summed E-state index contributed by atoms with van der Waals surface area (Å²) in [6.07, 6.45) is 2.82. The Kier molecular flexibility index (Phi) is 7.47. The number of rotatable bonds is 10. The molecule has 1 heterocycles. The molecule has 0 saturated carbocycles. The first-order valence-corrected chi connectivity index (χ1v) is 8.87. The van der Waals surface area contributed by atoms with Gasteiger partial charge in [-0.3, -0.25) is 4.79 Å². The number of hydrogen-bond donors (Lipinski definition) is 1. The van der Waals surface area contributed by atoms with Crippen molar-refractivity contribution in [2.45, 2.75) is 39.5 Å². The lowest BCUT2D eigenvalue weighted by Gasteiger charge is -2.10. The first-order valence-electron chi connectivity index (χ1n) is 8.87. The molecule has 0 unspecified atom stereocenters. The van der Waals surface area contributed by atoms with Gasteiger partial charge in [0.15, 0.2) is 0 Å². The molecule has 2 aromatic rings. The van der Waals surface area contributed by atoms with E-state index in [0.717, 1.165) is 23.0 Å². The molecule has 0 spiro atoms. The van der Waals surface area contributed by atoms with Crippen LogP contribution in [0.15, 0.2) is 22.8 Å². The van der Waals surface area contributed by atoms with Crippen LogP contribution in [0.25, 0.3) is 11.0 Å². The third-order valence-electron chi connectivity index (χ3n) is 4.23. The monoisotopic (exact) mass is 347 g/mol. The number of amides is 1. The Bertz CT molecular complexity index is 690. The van der Waals surface area contributed by atoms with Crippen LogP contribution in [0.5, 0.6) is 0 Å². The highest BCUT2D eigenvalue weighted by molar-refractivity contribution is 5.88. The first kappa shape index (κ1) is 19.5. The van der Waals surface area contributed by atoms with E-state index in [4.69, 9.17) is 13.9 Å². The lowest BCUT2D eigenvalue weighted by Crippen LogP contribution is -2.26. The second-order valence-electron chi connectivity index (χ2n) is 6.61. The number of aryl methyl sites for hydroxylation is 1. The summed E-state index contributed by atoms with van der Waals surface area (Å²) in [6.45, 7) is 8.86. The summed E-state index contributed by atoms with van der Waals surface area (Å²) in [5.74, 6) is 0.449. The predicted molar refractivity (Wildman–Crippen MR) is 99.1 cm³/mol. The van der Waals surface area contributed by atoms with Crippen LogP contribution >= 0.6 is 0 Å². The zero-order valence-corrected chi connectivity index (χ0v) is 15.7. The molecule has 1 N–H and O–H groups in total. The van der Waals surface area contributed by atoms with Gasteiger partial charge in [0, 0.05) is 31.2 Å². The molecule has 0 bridgehead atoms. The Morgan fingerprint density at radius 3 is 2.76 bits per heavy atom. The maximum atomic E-state index is 12.2. The maximum Gasteiger partial charge on any atom is 0.224 e. The predicted octanol–water partition coefficient (Wildman–Crippen LogP) is 3.58. The molecule has 0 fully saturated rings. The van der Waals surface area contributed by atoms with Gasteiger partial charge in [0.05, 0.1) is 25.9 Å². The number of carbonyl (C=O) groups excluding carboxylic acids is 1. The molecule has 1 amide bonds. The molecule has 138 valence electrons. The highest BCUT2D eigenvalue weighted by atomic mass is 16.5. The molecule has 0 radical (unpaired) electrons. The summed E-state index contributed by atoms with van der Waals surface area (Å²) in [7, 11) is 1.65. The van der Waals surface area contributed by atoms with E-state index in [9.17, 15) is 4.79 Å². The normalized spacial score (nSPS) is 11.4. The van der Waals surface area contributed by atoms with Crippen LogP contribution in [0.4, 0.5) is 0 Å². The number of carbonyl (C=O) groups is 1. The molecule has 0 aliphatic carbocycles. The fourth-order valence-electron chi connectivity index (χ4n) is 2.89. The summed E-state index contributed by atoms with van der Waals surface area (Å²) in [5.41, 5.74) is 4.30. The van der Waals surface area contributed by atoms with E-state index in [-0.39, 0.29) is 5.91 Å². The quantitative estimate of drug-likeness (QED) is 0.668. The van der Waals surface area contributed by atoms with Gasteiger partial charge in [-0.25, -0.2) is 0 Å². The zero-order valence-electron chi connectivity index (χ0n) is 15.7. The van der Waals surface area contributed by atoms with Crippen LogP contribution < -0.4 is 5.32 Å². The molecule has 0 saturated heterocycles. The molecule has 5 heteroatoms. The van der Waals surface area contributed by atoms with Crippen molar-refractivity contribution in [3.63, 3.8) is 0 Å². The van der Waals surface area contributed by atoms with Crippen molar-refractivity contribution in [2.24, 2.45) is 0 Å². The van der Waals surface area contributed by atoms with E-state index in [1.54, 1.807) is 13.4 Å². The third kappa shape index (κ3) is 5.58. The molecular formula is C20H29NO4. The van der Waals surface area contributed by atoms with Crippen LogP contribution in [0.2, 0.25) is 0 Å². The van der Waals surface area contributed by atoms with E-state index in [1.165, 1.54) is 11.1 Å². The Hall–Kier alpha value is -1.85. The van der Waals surface area contributed by atoms with E-state index in [0.29, 0.717) is 38.7 Å². The number of fused-ring (bicyclic) bond motifs is 1. The van der Waals surface area contributed by atoms with Crippen molar-refractivity contribution in [2.75, 3.05) is 33.5 Å². The number of furan rings is 1. The summed E-state index contributed by atoms with van der Waals surface area (Å²) >= 11 is 0. The number of hydrogen-bond acceptors (Lipinski definition) is 4. The maximum absolute atomic E-state index is 12.2. The fraction of sp³-hybridized carbons (Fsp3) is 0.550. The van der Waals surface area contributed by atoms with Gasteiger partial charge in [-0.15, -0.1) is 0 Å². The molecule has 25 heavy (non-hydrogen) atoms.